The summed E-state index contributed by atoms with van der Waals surface area (Å²) in [7, 11) is 1.48. The highest BCUT2D eigenvalue weighted by Gasteiger charge is 2.52. The third-order valence-electron chi connectivity index (χ3n) is 4.50. The van der Waals surface area contributed by atoms with Gasteiger partial charge in [0.05, 0.1) is 26.2 Å². The molecule has 0 bridgehead atoms. The van der Waals surface area contributed by atoms with E-state index in [1.54, 1.807) is 0 Å². The smallest absolute Gasteiger partial charge is 0.326 e. The van der Waals surface area contributed by atoms with Crippen molar-refractivity contribution in [3.63, 3.8) is 0 Å². The quantitative estimate of drug-likeness (QED) is 0.683. The van der Waals surface area contributed by atoms with E-state index in [9.17, 15) is 14.7 Å². The SMILES string of the molecule is CON1C[C@H](C(=O)OCC(C)(C)CO)[C@@H](C(C)C)[C@H]1C(=O)OC(C)(C)C. The molecule has 3 atom stereocenters. The summed E-state index contributed by atoms with van der Waals surface area (Å²) in [5, 5.41) is 10.9. The van der Waals surface area contributed by atoms with Crippen LogP contribution in [0.3, 0.4) is 0 Å². The van der Waals surface area contributed by atoms with Crippen LogP contribution in [0.1, 0.15) is 48.5 Å². The van der Waals surface area contributed by atoms with E-state index >= 15 is 0 Å². The minimum absolute atomic E-state index is 0.0519. The van der Waals surface area contributed by atoms with Crippen molar-refractivity contribution < 1.29 is 29.0 Å². The van der Waals surface area contributed by atoms with Crippen LogP contribution < -0.4 is 0 Å². The highest BCUT2D eigenvalue weighted by Crippen LogP contribution is 2.37. The van der Waals surface area contributed by atoms with Crippen LogP contribution in [0.4, 0.5) is 0 Å². The maximum atomic E-state index is 12.7. The Balaban J connectivity index is 3.00. The van der Waals surface area contributed by atoms with Gasteiger partial charge in [0.25, 0.3) is 0 Å². The summed E-state index contributed by atoms with van der Waals surface area (Å²) >= 11 is 0. The number of carbonyl (C=O) groups excluding carboxylic acids is 2. The number of carbonyl (C=O) groups is 2. The Morgan fingerprint density at radius 3 is 2.15 bits per heavy atom. The fourth-order valence-corrected chi connectivity index (χ4v) is 3.15. The number of rotatable bonds is 7. The summed E-state index contributed by atoms with van der Waals surface area (Å²) < 4.78 is 11.0. The van der Waals surface area contributed by atoms with Gasteiger partial charge in [-0.15, -0.1) is 0 Å². The number of aliphatic hydroxyl groups excluding tert-OH is 1. The van der Waals surface area contributed by atoms with E-state index in [0.29, 0.717) is 0 Å². The van der Waals surface area contributed by atoms with Crippen molar-refractivity contribution in [1.29, 1.82) is 0 Å². The van der Waals surface area contributed by atoms with Crippen molar-refractivity contribution in [1.82, 2.24) is 5.06 Å². The van der Waals surface area contributed by atoms with Crippen LogP contribution in [0, 0.1) is 23.2 Å². The molecule has 7 heteroatoms. The molecule has 1 aliphatic rings. The molecule has 1 heterocycles. The summed E-state index contributed by atoms with van der Waals surface area (Å²) in [6.45, 7) is 13.3. The summed E-state index contributed by atoms with van der Waals surface area (Å²) in [6, 6.07) is -0.664. The van der Waals surface area contributed by atoms with E-state index in [0.717, 1.165) is 0 Å². The first-order valence-corrected chi connectivity index (χ1v) is 9.14. The lowest BCUT2D eigenvalue weighted by atomic mass is 9.81. The van der Waals surface area contributed by atoms with Crippen molar-refractivity contribution >= 4 is 11.9 Å². The maximum Gasteiger partial charge on any atom is 0.326 e. The first kappa shape index (κ1) is 22.9. The number of hydroxylamine groups is 2. The molecule has 26 heavy (non-hydrogen) atoms. The molecule has 0 aromatic rings. The van der Waals surface area contributed by atoms with E-state index in [1.165, 1.54) is 12.2 Å². The molecule has 0 aromatic carbocycles. The Morgan fingerprint density at radius 1 is 1.15 bits per heavy atom. The van der Waals surface area contributed by atoms with Gasteiger partial charge in [0.2, 0.25) is 0 Å². The van der Waals surface area contributed by atoms with Gasteiger partial charge in [-0.3, -0.25) is 9.59 Å². The molecule has 1 fully saturated rings. The predicted molar refractivity (Wildman–Crippen MR) is 97.0 cm³/mol. The lowest BCUT2D eigenvalue weighted by Crippen LogP contribution is -2.44. The van der Waals surface area contributed by atoms with E-state index in [1.807, 2.05) is 48.5 Å². The minimum atomic E-state index is -0.664. The van der Waals surface area contributed by atoms with Gasteiger partial charge in [-0.05, 0) is 26.7 Å². The Bertz CT molecular complexity index is 497. The van der Waals surface area contributed by atoms with Crippen LogP contribution >= 0.6 is 0 Å². The summed E-state index contributed by atoms with van der Waals surface area (Å²) in [6.07, 6.45) is 0. The standard InChI is InChI=1S/C19H35NO6/c1-12(2)14-13(16(22)25-11-19(6,7)10-21)9-20(24-8)15(14)17(23)26-18(3,4)5/h12-15,21H,9-11H2,1-8H3/t13-,14+,15-/m0/s1. The molecular formula is C19H35NO6. The molecule has 0 spiro atoms. The van der Waals surface area contributed by atoms with Crippen LogP contribution in [0.25, 0.3) is 0 Å². The second kappa shape index (κ2) is 8.67. The van der Waals surface area contributed by atoms with Gasteiger partial charge in [0, 0.05) is 17.9 Å². The molecule has 0 aromatic heterocycles. The van der Waals surface area contributed by atoms with Crippen molar-refractivity contribution in [3.8, 4) is 0 Å². The van der Waals surface area contributed by atoms with E-state index in [-0.39, 0.29) is 37.6 Å². The van der Waals surface area contributed by atoms with E-state index < -0.39 is 28.9 Å². The van der Waals surface area contributed by atoms with Crippen molar-refractivity contribution in [3.05, 3.63) is 0 Å². The minimum Gasteiger partial charge on any atom is -0.465 e. The van der Waals surface area contributed by atoms with Crippen LogP contribution in [-0.4, -0.2) is 60.6 Å². The summed E-state index contributed by atoms with van der Waals surface area (Å²) in [5.74, 6) is -1.50. The fourth-order valence-electron chi connectivity index (χ4n) is 3.15. The molecule has 0 radical (unpaired) electrons. The zero-order valence-electron chi connectivity index (χ0n) is 17.4. The van der Waals surface area contributed by atoms with Gasteiger partial charge in [-0.25, -0.2) is 0 Å². The van der Waals surface area contributed by atoms with Gasteiger partial charge >= 0.3 is 11.9 Å². The summed E-state index contributed by atoms with van der Waals surface area (Å²) in [4.78, 5) is 30.8. The van der Waals surface area contributed by atoms with Gasteiger partial charge in [0.15, 0.2) is 0 Å². The molecule has 0 amide bonds. The fraction of sp³-hybridized carbons (Fsp3) is 0.895. The van der Waals surface area contributed by atoms with Gasteiger partial charge < -0.3 is 19.4 Å². The Hall–Kier alpha value is -1.18. The lowest BCUT2D eigenvalue weighted by Gasteiger charge is -2.30. The molecule has 7 nitrogen and oxygen atoms in total. The third-order valence-corrected chi connectivity index (χ3v) is 4.50. The number of aliphatic hydroxyl groups is 1. The molecule has 1 aliphatic heterocycles. The highest BCUT2D eigenvalue weighted by molar-refractivity contribution is 5.81. The average molecular weight is 373 g/mol. The zero-order chi connectivity index (χ0) is 20.3. The number of hydrogen-bond donors (Lipinski definition) is 1. The topological polar surface area (TPSA) is 85.3 Å². The Morgan fingerprint density at radius 2 is 1.73 bits per heavy atom. The molecule has 0 aliphatic carbocycles. The van der Waals surface area contributed by atoms with Crippen LogP contribution in [-0.2, 0) is 23.9 Å². The molecule has 1 N–H and O–H groups in total. The lowest BCUT2D eigenvalue weighted by molar-refractivity contribution is -0.190. The number of esters is 2. The van der Waals surface area contributed by atoms with Gasteiger partial charge in [0.1, 0.15) is 11.6 Å². The second-order valence-electron chi connectivity index (χ2n) is 9.12. The molecule has 0 unspecified atom stereocenters. The number of hydrogen-bond acceptors (Lipinski definition) is 7. The molecule has 152 valence electrons. The number of ether oxygens (including phenoxy) is 2. The van der Waals surface area contributed by atoms with E-state index in [4.69, 9.17) is 14.3 Å². The molecule has 1 rings (SSSR count). The monoisotopic (exact) mass is 373 g/mol. The Labute approximate surface area is 156 Å². The van der Waals surface area contributed by atoms with E-state index in [2.05, 4.69) is 0 Å². The van der Waals surface area contributed by atoms with Crippen LogP contribution in [0.15, 0.2) is 0 Å². The third kappa shape index (κ3) is 5.93. The predicted octanol–water partition coefficient (Wildman–Crippen LogP) is 2.02. The van der Waals surface area contributed by atoms with Crippen molar-refractivity contribution in [2.24, 2.45) is 23.2 Å². The van der Waals surface area contributed by atoms with Gasteiger partial charge in [-0.2, -0.15) is 5.06 Å². The van der Waals surface area contributed by atoms with Gasteiger partial charge in [-0.1, -0.05) is 27.7 Å². The first-order chi connectivity index (χ1) is 11.8. The molecule has 0 saturated carbocycles. The van der Waals surface area contributed by atoms with Crippen molar-refractivity contribution in [2.75, 3.05) is 26.9 Å². The number of nitrogens with zero attached hydrogens (tertiary/aromatic N) is 1. The highest BCUT2D eigenvalue weighted by atomic mass is 16.7. The first-order valence-electron chi connectivity index (χ1n) is 9.14. The molecule has 1 saturated heterocycles. The Kier molecular flexibility index (Phi) is 7.62. The second-order valence-corrected chi connectivity index (χ2v) is 9.12. The maximum absolute atomic E-state index is 12.7. The van der Waals surface area contributed by atoms with Crippen LogP contribution in [0.2, 0.25) is 0 Å². The summed E-state index contributed by atoms with van der Waals surface area (Å²) in [5.41, 5.74) is -1.13. The molecular weight excluding hydrogens is 338 g/mol. The largest absolute Gasteiger partial charge is 0.465 e. The normalized spacial score (nSPS) is 24.8. The average Bonchev–Trinajstić information content (AvgIpc) is 2.91. The zero-order valence-corrected chi connectivity index (χ0v) is 17.4. The van der Waals surface area contributed by atoms with Crippen molar-refractivity contribution in [2.45, 2.75) is 60.1 Å². The van der Waals surface area contributed by atoms with Crippen LogP contribution in [0.5, 0.6) is 0 Å².